The first-order valence-corrected chi connectivity index (χ1v) is 11.9. The normalized spacial score (nSPS) is 18.3. The van der Waals surface area contributed by atoms with Gasteiger partial charge in [-0.2, -0.15) is 0 Å². The number of nitrogens with one attached hydrogen (secondary N) is 2. The summed E-state index contributed by atoms with van der Waals surface area (Å²) in [6, 6.07) is 13.0. The van der Waals surface area contributed by atoms with Crippen LogP contribution in [0.4, 0.5) is 15.8 Å². The minimum absolute atomic E-state index is 0.0805. The molecule has 0 bridgehead atoms. The van der Waals surface area contributed by atoms with E-state index < -0.39 is 33.8 Å². The highest BCUT2D eigenvalue weighted by Gasteiger charge is 2.67. The summed E-state index contributed by atoms with van der Waals surface area (Å²) >= 11 is 36.8. The van der Waals surface area contributed by atoms with Gasteiger partial charge in [0.2, 0.25) is 5.91 Å². The zero-order valence-electron chi connectivity index (χ0n) is 16.8. The van der Waals surface area contributed by atoms with E-state index in [0.717, 1.165) is 6.07 Å². The summed E-state index contributed by atoms with van der Waals surface area (Å²) in [5.41, 5.74) is 1.29. The van der Waals surface area contributed by atoms with Gasteiger partial charge in [-0.15, -0.1) is 23.2 Å². The van der Waals surface area contributed by atoms with Crippen molar-refractivity contribution in [2.75, 3.05) is 10.6 Å². The van der Waals surface area contributed by atoms with Crippen LogP contribution in [-0.2, 0) is 4.79 Å². The summed E-state index contributed by atoms with van der Waals surface area (Å²) < 4.78 is 12.0. The average Bonchev–Trinajstić information content (AvgIpc) is 3.33. The van der Waals surface area contributed by atoms with E-state index in [4.69, 9.17) is 69.6 Å². The fourth-order valence-corrected chi connectivity index (χ4v) is 5.35. The van der Waals surface area contributed by atoms with Crippen molar-refractivity contribution < 1.29 is 14.0 Å². The van der Waals surface area contributed by atoms with Crippen molar-refractivity contribution in [2.24, 2.45) is 5.92 Å². The molecule has 3 aromatic carbocycles. The Morgan fingerprint density at radius 1 is 0.794 bits per heavy atom. The van der Waals surface area contributed by atoms with Crippen LogP contribution in [0.15, 0.2) is 54.6 Å². The van der Waals surface area contributed by atoms with Gasteiger partial charge >= 0.3 is 0 Å². The average molecular weight is 581 g/mol. The van der Waals surface area contributed by atoms with Gasteiger partial charge in [0, 0.05) is 27.3 Å². The number of hydrogen-bond acceptors (Lipinski definition) is 2. The van der Waals surface area contributed by atoms with Crippen molar-refractivity contribution in [2.45, 2.75) is 10.3 Å². The molecule has 1 aliphatic rings. The minimum Gasteiger partial charge on any atom is -0.326 e. The van der Waals surface area contributed by atoms with E-state index in [1.807, 2.05) is 0 Å². The molecule has 1 aliphatic carbocycles. The quantitative estimate of drug-likeness (QED) is 0.299. The molecule has 4 rings (SSSR count). The highest BCUT2D eigenvalue weighted by molar-refractivity contribution is 6.53. The molecular weight excluding hydrogens is 568 g/mol. The largest absolute Gasteiger partial charge is 0.326 e. The molecule has 176 valence electrons. The Kier molecular flexibility index (Phi) is 7.26. The van der Waals surface area contributed by atoms with E-state index in [9.17, 15) is 14.0 Å². The summed E-state index contributed by atoms with van der Waals surface area (Å²) in [4.78, 5) is 25.6. The Hall–Kier alpha value is -1.73. The Labute approximate surface area is 224 Å². The van der Waals surface area contributed by atoms with Crippen molar-refractivity contribution in [1.29, 1.82) is 0 Å². The molecule has 2 N–H and O–H groups in total. The second-order valence-corrected chi connectivity index (χ2v) is 10.7. The van der Waals surface area contributed by atoms with Crippen LogP contribution in [0.1, 0.15) is 21.8 Å². The molecule has 0 aromatic heterocycles. The van der Waals surface area contributed by atoms with Gasteiger partial charge in [-0.25, -0.2) is 4.39 Å². The van der Waals surface area contributed by atoms with Gasteiger partial charge < -0.3 is 10.6 Å². The van der Waals surface area contributed by atoms with Crippen LogP contribution in [0, 0.1) is 11.7 Å². The van der Waals surface area contributed by atoms with E-state index in [-0.39, 0.29) is 21.3 Å². The summed E-state index contributed by atoms with van der Waals surface area (Å²) in [7, 11) is 0. The molecule has 1 fully saturated rings. The first kappa shape index (κ1) is 25.4. The Balaban J connectivity index is 1.51. The number of benzene rings is 3. The van der Waals surface area contributed by atoms with E-state index in [1.165, 1.54) is 30.3 Å². The van der Waals surface area contributed by atoms with Gasteiger partial charge in [-0.05, 0) is 60.2 Å². The first-order valence-electron chi connectivity index (χ1n) is 9.68. The molecule has 2 atom stereocenters. The second-order valence-electron chi connectivity index (χ2n) is 7.60. The lowest BCUT2D eigenvalue weighted by Gasteiger charge is -2.11. The van der Waals surface area contributed by atoms with E-state index >= 15 is 0 Å². The van der Waals surface area contributed by atoms with Crippen LogP contribution >= 0.6 is 69.6 Å². The molecular formula is C23H13Cl6FN2O2. The highest BCUT2D eigenvalue weighted by Crippen LogP contribution is 2.65. The SMILES string of the molecule is O=C(Nc1ccc(F)c(Cl)c1)c1cc(NC(=O)[C@H]2[C@H](c3cc(Cl)cc(Cl)c3)C2(Cl)Cl)ccc1Cl. The monoisotopic (exact) mass is 578 g/mol. The fraction of sp³-hybridized carbons (Fsp3) is 0.130. The predicted octanol–water partition coefficient (Wildman–Crippen LogP) is 8.22. The number of carbonyl (C=O) groups is 2. The molecule has 0 spiro atoms. The Morgan fingerprint density at radius 3 is 2.06 bits per heavy atom. The molecule has 0 unspecified atom stereocenters. The summed E-state index contributed by atoms with van der Waals surface area (Å²) in [5.74, 6) is -2.95. The van der Waals surface area contributed by atoms with Crippen LogP contribution in [-0.4, -0.2) is 16.1 Å². The van der Waals surface area contributed by atoms with Gasteiger partial charge in [-0.3, -0.25) is 9.59 Å². The van der Waals surface area contributed by atoms with Gasteiger partial charge in [0.15, 0.2) is 0 Å². The molecule has 0 aliphatic heterocycles. The molecule has 0 heterocycles. The van der Waals surface area contributed by atoms with Crippen molar-refractivity contribution >= 4 is 92.8 Å². The van der Waals surface area contributed by atoms with Crippen molar-refractivity contribution in [3.05, 3.63) is 91.6 Å². The summed E-state index contributed by atoms with van der Waals surface area (Å²) in [6.07, 6.45) is 0. The lowest BCUT2D eigenvalue weighted by molar-refractivity contribution is -0.117. The third-order valence-corrected chi connectivity index (χ3v) is 7.23. The smallest absolute Gasteiger partial charge is 0.257 e. The maximum Gasteiger partial charge on any atom is 0.257 e. The van der Waals surface area contributed by atoms with E-state index in [0.29, 0.717) is 21.3 Å². The van der Waals surface area contributed by atoms with Crippen LogP contribution in [0.25, 0.3) is 0 Å². The van der Waals surface area contributed by atoms with Gasteiger partial charge in [0.1, 0.15) is 10.2 Å². The zero-order valence-corrected chi connectivity index (χ0v) is 21.3. The highest BCUT2D eigenvalue weighted by atomic mass is 35.5. The Morgan fingerprint density at radius 2 is 1.41 bits per heavy atom. The third-order valence-electron chi connectivity index (χ3n) is 5.24. The van der Waals surface area contributed by atoms with Gasteiger partial charge in [0.25, 0.3) is 5.91 Å². The second kappa shape index (κ2) is 9.73. The number of amides is 2. The summed E-state index contributed by atoms with van der Waals surface area (Å²) in [6.45, 7) is 0. The lowest BCUT2D eigenvalue weighted by Crippen LogP contribution is -2.18. The number of hydrogen-bond donors (Lipinski definition) is 2. The van der Waals surface area contributed by atoms with Crippen LogP contribution < -0.4 is 10.6 Å². The van der Waals surface area contributed by atoms with Crippen LogP contribution in [0.2, 0.25) is 20.1 Å². The van der Waals surface area contributed by atoms with E-state index in [1.54, 1.807) is 18.2 Å². The predicted molar refractivity (Wildman–Crippen MR) is 137 cm³/mol. The fourth-order valence-electron chi connectivity index (χ4n) is 3.59. The van der Waals surface area contributed by atoms with Crippen LogP contribution in [0.5, 0.6) is 0 Å². The minimum atomic E-state index is -1.35. The number of anilines is 2. The summed E-state index contributed by atoms with van der Waals surface area (Å²) in [5, 5.41) is 6.08. The molecule has 1 saturated carbocycles. The molecule has 0 saturated heterocycles. The zero-order chi connectivity index (χ0) is 24.8. The number of carbonyl (C=O) groups excluding carboxylic acids is 2. The van der Waals surface area contributed by atoms with Gasteiger partial charge in [0.05, 0.1) is 21.5 Å². The number of rotatable bonds is 5. The standard InChI is InChI=1S/C23H13Cl6FN2O2/c24-11-5-10(6-12(25)7-11)19-20(23(19,28)29)22(34)32-13-1-3-16(26)15(8-13)21(33)31-14-2-4-18(30)17(27)9-14/h1-9,19-20H,(H,31,33)(H,32,34)/t19-,20+/m0/s1. The Bertz CT molecular complexity index is 1300. The molecule has 3 aromatic rings. The topological polar surface area (TPSA) is 58.2 Å². The lowest BCUT2D eigenvalue weighted by atomic mass is 10.1. The van der Waals surface area contributed by atoms with Crippen molar-refractivity contribution in [1.82, 2.24) is 0 Å². The maximum atomic E-state index is 13.4. The molecule has 2 amide bonds. The first-order chi connectivity index (χ1) is 16.0. The van der Waals surface area contributed by atoms with Crippen molar-refractivity contribution in [3.63, 3.8) is 0 Å². The third kappa shape index (κ3) is 5.25. The maximum absolute atomic E-state index is 13.4. The molecule has 4 nitrogen and oxygen atoms in total. The van der Waals surface area contributed by atoms with Crippen molar-refractivity contribution in [3.8, 4) is 0 Å². The molecule has 11 heteroatoms. The molecule has 34 heavy (non-hydrogen) atoms. The van der Waals surface area contributed by atoms with Gasteiger partial charge in [-0.1, -0.05) is 46.4 Å². The number of alkyl halides is 2. The van der Waals surface area contributed by atoms with E-state index in [2.05, 4.69) is 10.6 Å². The molecule has 0 radical (unpaired) electrons. The number of halogens is 7. The van der Waals surface area contributed by atoms with Crippen LogP contribution in [0.3, 0.4) is 0 Å².